The van der Waals surface area contributed by atoms with Gasteiger partial charge in [-0.05, 0) is 19.2 Å². The Morgan fingerprint density at radius 3 is 2.61 bits per heavy atom. The monoisotopic (exact) mass is 307 g/mol. The molecule has 1 aromatic heterocycles. The van der Waals surface area contributed by atoms with E-state index in [4.69, 9.17) is 4.74 Å². The van der Waals surface area contributed by atoms with Gasteiger partial charge in [-0.25, -0.2) is 9.97 Å². The molecule has 0 bridgehead atoms. The van der Waals surface area contributed by atoms with Crippen LogP contribution in [0.3, 0.4) is 0 Å². The summed E-state index contributed by atoms with van der Waals surface area (Å²) in [6, 6.07) is 5.97. The largest absolute Gasteiger partial charge is 0.496 e. The minimum atomic E-state index is 0.00856. The third-order valence-electron chi connectivity index (χ3n) is 2.71. The molecule has 5 heteroatoms. The Labute approximate surface area is 115 Å². The van der Waals surface area contributed by atoms with Crippen molar-refractivity contribution >= 4 is 15.9 Å². The smallest absolute Gasteiger partial charge is 0.125 e. The fourth-order valence-corrected chi connectivity index (χ4v) is 2.22. The van der Waals surface area contributed by atoms with Crippen LogP contribution in [0.5, 0.6) is 5.75 Å². The van der Waals surface area contributed by atoms with Crippen molar-refractivity contribution < 1.29 is 4.74 Å². The van der Waals surface area contributed by atoms with Gasteiger partial charge < -0.3 is 10.1 Å². The molecule has 0 aliphatic heterocycles. The first kappa shape index (κ1) is 13.0. The van der Waals surface area contributed by atoms with Crippen molar-refractivity contribution in [1.29, 1.82) is 0 Å². The van der Waals surface area contributed by atoms with Gasteiger partial charge in [0.25, 0.3) is 0 Å². The number of benzene rings is 1. The molecule has 1 N–H and O–H groups in total. The maximum atomic E-state index is 5.42. The lowest BCUT2D eigenvalue weighted by Gasteiger charge is -2.19. The Hall–Kier alpha value is -1.46. The number of nitrogens with zero attached hydrogens (tertiary/aromatic N) is 2. The number of ether oxygens (including phenoxy) is 1. The highest BCUT2D eigenvalue weighted by atomic mass is 79.9. The lowest BCUT2D eigenvalue weighted by atomic mass is 10.0. The van der Waals surface area contributed by atoms with Crippen molar-refractivity contribution in [2.45, 2.75) is 6.04 Å². The third-order valence-corrected chi connectivity index (χ3v) is 3.20. The summed E-state index contributed by atoms with van der Waals surface area (Å²) in [5, 5.41) is 3.25. The quantitative estimate of drug-likeness (QED) is 0.943. The molecule has 1 aromatic carbocycles. The average Bonchev–Trinajstić information content (AvgIpc) is 2.42. The summed E-state index contributed by atoms with van der Waals surface area (Å²) >= 11 is 3.44. The molecule has 0 saturated carbocycles. The van der Waals surface area contributed by atoms with Crippen molar-refractivity contribution in [1.82, 2.24) is 15.3 Å². The average molecular weight is 308 g/mol. The van der Waals surface area contributed by atoms with E-state index in [1.54, 1.807) is 19.5 Å². The molecule has 0 aliphatic rings. The highest BCUT2D eigenvalue weighted by Gasteiger charge is 2.17. The topological polar surface area (TPSA) is 47.0 Å². The van der Waals surface area contributed by atoms with Crippen LogP contribution in [0.1, 0.15) is 17.2 Å². The van der Waals surface area contributed by atoms with Gasteiger partial charge in [0, 0.05) is 28.0 Å². The predicted octanol–water partition coefficient (Wildman–Crippen LogP) is 2.56. The van der Waals surface area contributed by atoms with E-state index in [9.17, 15) is 0 Å². The zero-order valence-corrected chi connectivity index (χ0v) is 11.8. The molecule has 1 unspecified atom stereocenters. The number of aromatic nitrogens is 2. The highest BCUT2D eigenvalue weighted by Crippen LogP contribution is 2.31. The second-order valence-corrected chi connectivity index (χ2v) is 4.70. The summed E-state index contributed by atoms with van der Waals surface area (Å²) in [5.74, 6) is 0.826. The van der Waals surface area contributed by atoms with Crippen molar-refractivity contribution in [3.63, 3.8) is 0 Å². The zero-order valence-electron chi connectivity index (χ0n) is 10.2. The molecule has 1 atom stereocenters. The van der Waals surface area contributed by atoms with Gasteiger partial charge in [0.15, 0.2) is 0 Å². The summed E-state index contributed by atoms with van der Waals surface area (Å²) in [5.41, 5.74) is 2.05. The molecule has 94 valence electrons. The maximum Gasteiger partial charge on any atom is 0.125 e. The first-order valence-corrected chi connectivity index (χ1v) is 6.31. The summed E-state index contributed by atoms with van der Waals surface area (Å²) in [7, 11) is 3.57. The summed E-state index contributed by atoms with van der Waals surface area (Å²) in [6.45, 7) is 0. The molecule has 0 spiro atoms. The van der Waals surface area contributed by atoms with Gasteiger partial charge in [-0.15, -0.1) is 0 Å². The predicted molar refractivity (Wildman–Crippen MR) is 73.6 cm³/mol. The van der Waals surface area contributed by atoms with Gasteiger partial charge in [0.05, 0.1) is 13.2 Å². The van der Waals surface area contributed by atoms with Gasteiger partial charge in [-0.2, -0.15) is 0 Å². The Morgan fingerprint density at radius 1 is 1.28 bits per heavy atom. The van der Waals surface area contributed by atoms with E-state index >= 15 is 0 Å². The Morgan fingerprint density at radius 2 is 2.00 bits per heavy atom. The van der Waals surface area contributed by atoms with Gasteiger partial charge in [0.1, 0.15) is 12.1 Å². The third kappa shape index (κ3) is 2.68. The van der Waals surface area contributed by atoms with Gasteiger partial charge in [0.2, 0.25) is 0 Å². The summed E-state index contributed by atoms with van der Waals surface area (Å²) < 4.78 is 6.41. The number of hydrogen-bond acceptors (Lipinski definition) is 4. The molecule has 0 amide bonds. The van der Waals surface area contributed by atoms with Crippen LogP contribution in [0.15, 0.2) is 41.4 Å². The SMILES string of the molecule is CNC(c1cncnc1)c1ccc(Br)cc1OC. The number of nitrogens with one attached hydrogen (secondary N) is 1. The fourth-order valence-electron chi connectivity index (χ4n) is 1.88. The second-order valence-electron chi connectivity index (χ2n) is 3.78. The van der Waals surface area contributed by atoms with E-state index in [-0.39, 0.29) is 6.04 Å². The molecule has 1 heterocycles. The van der Waals surface area contributed by atoms with Crippen LogP contribution in [0.2, 0.25) is 0 Å². The second kappa shape index (κ2) is 5.93. The molecule has 4 nitrogen and oxygen atoms in total. The minimum absolute atomic E-state index is 0.00856. The van der Waals surface area contributed by atoms with Crippen LogP contribution in [0.25, 0.3) is 0 Å². The molecular formula is C13H14BrN3O. The molecule has 0 radical (unpaired) electrons. The summed E-state index contributed by atoms with van der Waals surface area (Å²) in [4.78, 5) is 8.10. The first-order valence-electron chi connectivity index (χ1n) is 5.52. The van der Waals surface area contributed by atoms with Crippen molar-refractivity contribution in [3.8, 4) is 5.75 Å². The number of rotatable bonds is 4. The highest BCUT2D eigenvalue weighted by molar-refractivity contribution is 9.10. The van der Waals surface area contributed by atoms with Gasteiger partial charge in [-0.3, -0.25) is 0 Å². The molecule has 0 saturated heterocycles. The van der Waals surface area contributed by atoms with Crippen LogP contribution in [-0.4, -0.2) is 24.1 Å². The van der Waals surface area contributed by atoms with Crippen molar-refractivity contribution in [2.24, 2.45) is 0 Å². The van der Waals surface area contributed by atoms with Gasteiger partial charge in [-0.1, -0.05) is 22.0 Å². The Bertz CT molecular complexity index is 519. The van der Waals surface area contributed by atoms with E-state index in [1.807, 2.05) is 25.2 Å². The molecular weight excluding hydrogens is 294 g/mol. The molecule has 2 rings (SSSR count). The molecule has 0 fully saturated rings. The minimum Gasteiger partial charge on any atom is -0.496 e. The van der Waals surface area contributed by atoms with E-state index in [2.05, 4.69) is 31.2 Å². The first-order chi connectivity index (χ1) is 8.76. The Kier molecular flexibility index (Phi) is 4.28. The zero-order chi connectivity index (χ0) is 13.0. The van der Waals surface area contributed by atoms with Crippen LogP contribution in [-0.2, 0) is 0 Å². The Balaban J connectivity index is 2.45. The van der Waals surface area contributed by atoms with Crippen LogP contribution >= 0.6 is 15.9 Å². The van der Waals surface area contributed by atoms with Crippen LogP contribution < -0.4 is 10.1 Å². The van der Waals surface area contributed by atoms with Crippen LogP contribution in [0.4, 0.5) is 0 Å². The van der Waals surface area contributed by atoms with Crippen LogP contribution in [0, 0.1) is 0 Å². The van der Waals surface area contributed by atoms with Crippen molar-refractivity contribution in [2.75, 3.05) is 14.2 Å². The lowest BCUT2D eigenvalue weighted by Crippen LogP contribution is -2.18. The van der Waals surface area contributed by atoms with E-state index in [0.717, 1.165) is 21.3 Å². The summed E-state index contributed by atoms with van der Waals surface area (Å²) in [6.07, 6.45) is 5.13. The van der Waals surface area contributed by atoms with E-state index in [1.165, 1.54) is 6.33 Å². The fraction of sp³-hybridized carbons (Fsp3) is 0.231. The van der Waals surface area contributed by atoms with E-state index in [0.29, 0.717) is 0 Å². The molecule has 2 aromatic rings. The normalized spacial score (nSPS) is 12.2. The number of halogens is 1. The van der Waals surface area contributed by atoms with Gasteiger partial charge >= 0.3 is 0 Å². The van der Waals surface area contributed by atoms with E-state index < -0.39 is 0 Å². The standard InChI is InChI=1S/C13H14BrN3O/c1-15-13(9-6-16-8-17-7-9)11-4-3-10(14)5-12(11)18-2/h3-8,13,15H,1-2H3. The lowest BCUT2D eigenvalue weighted by molar-refractivity contribution is 0.405. The number of methoxy groups -OCH3 is 1. The molecule has 0 aliphatic carbocycles. The number of hydrogen-bond donors (Lipinski definition) is 1. The molecule has 18 heavy (non-hydrogen) atoms. The van der Waals surface area contributed by atoms with Crippen molar-refractivity contribution in [3.05, 3.63) is 52.5 Å². The maximum absolute atomic E-state index is 5.42.